The van der Waals surface area contributed by atoms with Crippen LogP contribution in [0.25, 0.3) is 0 Å². The van der Waals surface area contributed by atoms with Crippen LogP contribution in [0.15, 0.2) is 24.3 Å². The van der Waals surface area contributed by atoms with E-state index in [4.69, 9.17) is 9.47 Å². The molecule has 0 bridgehead atoms. The number of hydrogen-bond donors (Lipinski definition) is 2. The topological polar surface area (TPSA) is 50.7 Å². The van der Waals surface area contributed by atoms with Crippen LogP contribution < -0.4 is 14.8 Å². The summed E-state index contributed by atoms with van der Waals surface area (Å²) in [5.74, 6) is 1.52. The Hall–Kier alpha value is -1.26. The number of hydrogen-bond acceptors (Lipinski definition) is 4. The molecule has 0 amide bonds. The van der Waals surface area contributed by atoms with Gasteiger partial charge in [-0.3, -0.25) is 0 Å². The molecule has 0 saturated heterocycles. The Morgan fingerprint density at radius 2 is 1.67 bits per heavy atom. The maximum atomic E-state index is 9.92. The van der Waals surface area contributed by atoms with E-state index in [-0.39, 0.29) is 12.6 Å². The quantitative estimate of drug-likeness (QED) is 0.778. The number of methoxy groups -OCH3 is 1. The lowest BCUT2D eigenvalue weighted by Gasteiger charge is -2.22. The Balaban J connectivity index is 2.39. The van der Waals surface area contributed by atoms with Crippen LogP contribution in [0.4, 0.5) is 0 Å². The first kappa shape index (κ1) is 14.8. The Bertz CT molecular complexity index is 337. The minimum Gasteiger partial charge on any atom is -0.497 e. The Morgan fingerprint density at radius 3 is 2.17 bits per heavy atom. The number of rotatable bonds is 7. The lowest BCUT2D eigenvalue weighted by atomic mass is 10.2. The largest absolute Gasteiger partial charge is 0.497 e. The van der Waals surface area contributed by atoms with Crippen molar-refractivity contribution in [1.82, 2.24) is 5.32 Å². The fourth-order valence-corrected chi connectivity index (χ4v) is 1.63. The molecule has 1 rings (SSSR count). The molecule has 1 aromatic carbocycles. The van der Waals surface area contributed by atoms with Crippen LogP contribution in [0, 0.1) is 0 Å². The van der Waals surface area contributed by atoms with E-state index in [9.17, 15) is 5.11 Å². The summed E-state index contributed by atoms with van der Waals surface area (Å²) in [6, 6.07) is 7.66. The number of aliphatic hydroxyl groups excluding tert-OH is 1. The van der Waals surface area contributed by atoms with Gasteiger partial charge in [0.05, 0.1) is 7.11 Å². The average Bonchev–Trinajstić information content (AvgIpc) is 2.35. The standard InChI is InChI=1S/C14H23NO3/c1-10(2)15-11(3)14(16)9-18-13-7-5-12(17-4)6-8-13/h5-8,10-11,14-16H,9H2,1-4H3/t11-,14-/m0/s1. The third kappa shape index (κ3) is 4.94. The van der Waals surface area contributed by atoms with Crippen molar-refractivity contribution in [3.63, 3.8) is 0 Å². The van der Waals surface area contributed by atoms with Crippen molar-refractivity contribution in [2.24, 2.45) is 0 Å². The van der Waals surface area contributed by atoms with Crippen molar-refractivity contribution < 1.29 is 14.6 Å². The molecule has 18 heavy (non-hydrogen) atoms. The van der Waals surface area contributed by atoms with E-state index >= 15 is 0 Å². The van der Waals surface area contributed by atoms with Crippen LogP contribution in [0.3, 0.4) is 0 Å². The van der Waals surface area contributed by atoms with Crippen LogP contribution in [-0.2, 0) is 0 Å². The summed E-state index contributed by atoms with van der Waals surface area (Å²) in [5.41, 5.74) is 0. The zero-order valence-corrected chi connectivity index (χ0v) is 11.5. The van der Waals surface area contributed by atoms with Crippen molar-refractivity contribution in [2.75, 3.05) is 13.7 Å². The minimum absolute atomic E-state index is 0.00301. The summed E-state index contributed by atoms with van der Waals surface area (Å²) < 4.78 is 10.6. The number of ether oxygens (including phenoxy) is 2. The van der Waals surface area contributed by atoms with Gasteiger partial charge in [-0.25, -0.2) is 0 Å². The molecule has 4 nitrogen and oxygen atoms in total. The van der Waals surface area contributed by atoms with E-state index in [1.54, 1.807) is 7.11 Å². The van der Waals surface area contributed by atoms with E-state index < -0.39 is 6.10 Å². The molecular weight excluding hydrogens is 230 g/mol. The summed E-state index contributed by atoms with van der Waals surface area (Å²) in [7, 11) is 1.62. The van der Waals surface area contributed by atoms with Crippen LogP contribution in [-0.4, -0.2) is 37.0 Å². The van der Waals surface area contributed by atoms with Gasteiger partial charge < -0.3 is 19.9 Å². The van der Waals surface area contributed by atoms with Crippen LogP contribution in [0.5, 0.6) is 11.5 Å². The van der Waals surface area contributed by atoms with Crippen molar-refractivity contribution >= 4 is 0 Å². The molecule has 0 aromatic heterocycles. The molecule has 2 atom stereocenters. The highest BCUT2D eigenvalue weighted by Crippen LogP contribution is 2.17. The zero-order chi connectivity index (χ0) is 13.5. The Labute approximate surface area is 109 Å². The Morgan fingerprint density at radius 1 is 1.11 bits per heavy atom. The van der Waals surface area contributed by atoms with Gasteiger partial charge in [-0.05, 0) is 31.2 Å². The van der Waals surface area contributed by atoms with Gasteiger partial charge in [0.1, 0.15) is 24.2 Å². The smallest absolute Gasteiger partial charge is 0.119 e. The van der Waals surface area contributed by atoms with Gasteiger partial charge >= 0.3 is 0 Å². The highest BCUT2D eigenvalue weighted by Gasteiger charge is 2.15. The van der Waals surface area contributed by atoms with Crippen molar-refractivity contribution in [3.8, 4) is 11.5 Å². The highest BCUT2D eigenvalue weighted by molar-refractivity contribution is 5.31. The first-order valence-electron chi connectivity index (χ1n) is 6.24. The van der Waals surface area contributed by atoms with Gasteiger partial charge in [0.25, 0.3) is 0 Å². The summed E-state index contributed by atoms with van der Waals surface area (Å²) >= 11 is 0. The normalized spacial score (nSPS) is 14.3. The maximum absolute atomic E-state index is 9.92. The molecule has 0 aliphatic carbocycles. The predicted molar refractivity (Wildman–Crippen MR) is 72.2 cm³/mol. The summed E-state index contributed by atoms with van der Waals surface area (Å²) in [6.45, 7) is 6.32. The fraction of sp³-hybridized carbons (Fsp3) is 0.571. The molecule has 1 aromatic rings. The molecule has 0 aliphatic rings. The molecule has 0 saturated carbocycles. The summed E-state index contributed by atoms with van der Waals surface area (Å²) in [5, 5.41) is 13.2. The first-order valence-corrected chi connectivity index (χ1v) is 6.24. The third-order valence-corrected chi connectivity index (χ3v) is 2.65. The van der Waals surface area contributed by atoms with Crippen molar-refractivity contribution in [3.05, 3.63) is 24.3 Å². The molecule has 0 heterocycles. The van der Waals surface area contributed by atoms with Gasteiger partial charge in [-0.1, -0.05) is 13.8 Å². The van der Waals surface area contributed by atoms with E-state index in [0.717, 1.165) is 11.5 Å². The number of nitrogens with one attached hydrogen (secondary N) is 1. The van der Waals surface area contributed by atoms with E-state index in [0.29, 0.717) is 6.04 Å². The van der Waals surface area contributed by atoms with Crippen molar-refractivity contribution in [1.29, 1.82) is 0 Å². The van der Waals surface area contributed by atoms with Gasteiger partial charge in [-0.15, -0.1) is 0 Å². The van der Waals surface area contributed by atoms with Gasteiger partial charge in [-0.2, -0.15) is 0 Å². The van der Waals surface area contributed by atoms with E-state index in [2.05, 4.69) is 5.32 Å². The van der Waals surface area contributed by atoms with Crippen LogP contribution in [0.1, 0.15) is 20.8 Å². The van der Waals surface area contributed by atoms with Crippen LogP contribution >= 0.6 is 0 Å². The molecule has 0 spiro atoms. The molecule has 2 N–H and O–H groups in total. The third-order valence-electron chi connectivity index (χ3n) is 2.65. The number of aliphatic hydroxyl groups is 1. The van der Waals surface area contributed by atoms with E-state index in [1.165, 1.54) is 0 Å². The Kier molecular flexibility index (Phi) is 5.95. The zero-order valence-electron chi connectivity index (χ0n) is 11.5. The SMILES string of the molecule is COc1ccc(OC[C@H](O)[C@H](C)NC(C)C)cc1. The molecule has 4 heteroatoms. The molecule has 0 fully saturated rings. The molecule has 0 radical (unpaired) electrons. The van der Waals surface area contributed by atoms with Gasteiger partial charge in [0, 0.05) is 12.1 Å². The number of benzene rings is 1. The van der Waals surface area contributed by atoms with Gasteiger partial charge in [0.15, 0.2) is 0 Å². The summed E-state index contributed by atoms with van der Waals surface area (Å²) in [6.07, 6.45) is -0.533. The summed E-state index contributed by atoms with van der Waals surface area (Å²) in [4.78, 5) is 0. The first-order chi connectivity index (χ1) is 8.52. The van der Waals surface area contributed by atoms with Crippen molar-refractivity contribution in [2.45, 2.75) is 39.0 Å². The lowest BCUT2D eigenvalue weighted by molar-refractivity contribution is 0.0759. The molecule has 102 valence electrons. The molecular formula is C14H23NO3. The second-order valence-corrected chi connectivity index (χ2v) is 4.66. The second-order valence-electron chi connectivity index (χ2n) is 4.66. The highest BCUT2D eigenvalue weighted by atomic mass is 16.5. The van der Waals surface area contributed by atoms with Crippen LogP contribution in [0.2, 0.25) is 0 Å². The minimum atomic E-state index is -0.533. The fourth-order valence-electron chi connectivity index (χ4n) is 1.63. The van der Waals surface area contributed by atoms with E-state index in [1.807, 2.05) is 45.0 Å². The monoisotopic (exact) mass is 253 g/mol. The molecule has 0 aliphatic heterocycles. The second kappa shape index (κ2) is 7.24. The predicted octanol–water partition coefficient (Wildman–Crippen LogP) is 1.82. The molecule has 0 unspecified atom stereocenters. The lowest BCUT2D eigenvalue weighted by Crippen LogP contribution is -2.43. The maximum Gasteiger partial charge on any atom is 0.119 e. The average molecular weight is 253 g/mol. The van der Waals surface area contributed by atoms with Gasteiger partial charge in [0.2, 0.25) is 0 Å².